The number of ether oxygens (including phenoxy) is 1. The minimum atomic E-state index is -0.0271. The van der Waals surface area contributed by atoms with Gasteiger partial charge in [0.2, 0.25) is 5.43 Å². The molecule has 1 saturated heterocycles. The molecule has 0 amide bonds. The first-order valence-corrected chi connectivity index (χ1v) is 12.2. The number of likely N-dealkylation sites (tertiary alicyclic amines) is 1. The van der Waals surface area contributed by atoms with E-state index in [9.17, 15) is 9.59 Å². The number of aromatic nitrogens is 1. The molecule has 6 nitrogen and oxygen atoms in total. The number of piperidine rings is 1. The van der Waals surface area contributed by atoms with E-state index in [0.717, 1.165) is 43.9 Å². The van der Waals surface area contributed by atoms with Crippen molar-refractivity contribution in [2.45, 2.75) is 25.8 Å². The second kappa shape index (κ2) is 8.86. The van der Waals surface area contributed by atoms with Gasteiger partial charge < -0.3 is 13.7 Å². The van der Waals surface area contributed by atoms with E-state index in [4.69, 9.17) is 9.15 Å². The van der Waals surface area contributed by atoms with Crippen LogP contribution < -0.4 is 15.7 Å². The van der Waals surface area contributed by atoms with Crippen LogP contribution in [0.25, 0.3) is 22.1 Å². The Kier molecular flexibility index (Phi) is 5.53. The Morgan fingerprint density at radius 1 is 0.971 bits per heavy atom. The predicted molar refractivity (Wildman–Crippen MR) is 136 cm³/mol. The van der Waals surface area contributed by atoms with E-state index in [-0.39, 0.29) is 11.0 Å². The summed E-state index contributed by atoms with van der Waals surface area (Å²) in [6.45, 7) is 5.93. The van der Waals surface area contributed by atoms with E-state index in [1.54, 1.807) is 12.1 Å². The van der Waals surface area contributed by atoms with Crippen LogP contribution in [0, 0.1) is 12.8 Å². The Morgan fingerprint density at radius 2 is 1.83 bits per heavy atom. The first-order chi connectivity index (χ1) is 17.1. The summed E-state index contributed by atoms with van der Waals surface area (Å²) in [4.78, 5) is 27.8. The molecule has 0 spiro atoms. The second-order valence-electron chi connectivity index (χ2n) is 9.69. The zero-order valence-electron chi connectivity index (χ0n) is 19.8. The summed E-state index contributed by atoms with van der Waals surface area (Å²) in [7, 11) is 0. The van der Waals surface area contributed by atoms with Gasteiger partial charge in [-0.3, -0.25) is 14.5 Å². The first-order valence-electron chi connectivity index (χ1n) is 12.2. The van der Waals surface area contributed by atoms with Gasteiger partial charge in [0, 0.05) is 49.9 Å². The number of hydrogen-bond acceptors (Lipinski definition) is 5. The van der Waals surface area contributed by atoms with Crippen molar-refractivity contribution in [3.8, 4) is 16.9 Å². The molecule has 4 heterocycles. The lowest BCUT2D eigenvalue weighted by atomic mass is 9.83. The molecular formula is C29H28N2O4. The van der Waals surface area contributed by atoms with E-state index < -0.39 is 0 Å². The smallest absolute Gasteiger partial charge is 0.250 e. The van der Waals surface area contributed by atoms with Gasteiger partial charge in [-0.2, -0.15) is 0 Å². The summed E-state index contributed by atoms with van der Waals surface area (Å²) in [6, 6.07) is 20.7. The minimum Gasteiger partial charge on any atom is -0.492 e. The van der Waals surface area contributed by atoms with E-state index in [1.807, 2.05) is 60.0 Å². The molecule has 0 aliphatic carbocycles. The fraction of sp³-hybridized carbons (Fsp3) is 0.310. The van der Waals surface area contributed by atoms with Crippen LogP contribution in [-0.2, 0) is 6.54 Å². The lowest BCUT2D eigenvalue weighted by Crippen LogP contribution is -2.48. The van der Waals surface area contributed by atoms with Crippen LogP contribution in [0.1, 0.15) is 23.8 Å². The summed E-state index contributed by atoms with van der Waals surface area (Å²) in [5, 5.41) is 0.555. The third-order valence-electron chi connectivity index (χ3n) is 7.33. The van der Waals surface area contributed by atoms with E-state index >= 15 is 0 Å². The molecule has 0 saturated carbocycles. The Labute approximate surface area is 203 Å². The molecule has 1 fully saturated rings. The monoisotopic (exact) mass is 468 g/mol. The molecule has 2 aliphatic heterocycles. The molecule has 2 bridgehead atoms. The molecule has 35 heavy (non-hydrogen) atoms. The van der Waals surface area contributed by atoms with Crippen molar-refractivity contribution < 1.29 is 9.15 Å². The first kappa shape index (κ1) is 21.9. The van der Waals surface area contributed by atoms with Crippen LogP contribution >= 0.6 is 0 Å². The van der Waals surface area contributed by atoms with Crippen molar-refractivity contribution in [2.24, 2.45) is 5.92 Å². The number of pyridine rings is 1. The van der Waals surface area contributed by atoms with Gasteiger partial charge in [0.1, 0.15) is 23.7 Å². The van der Waals surface area contributed by atoms with Crippen LogP contribution in [0.2, 0.25) is 0 Å². The average molecular weight is 469 g/mol. The molecule has 2 aromatic heterocycles. The Bertz CT molecular complexity index is 1510. The van der Waals surface area contributed by atoms with Gasteiger partial charge in [-0.05, 0) is 43.0 Å². The molecule has 4 aromatic rings. The number of rotatable bonds is 5. The number of hydrogen-bond donors (Lipinski definition) is 0. The fourth-order valence-corrected chi connectivity index (χ4v) is 5.78. The summed E-state index contributed by atoms with van der Waals surface area (Å²) < 4.78 is 14.1. The standard InChI is InChI=1S/C29H28N2O4/c1-19-28(21-6-3-2-4-7-21)29(33)24-11-10-23(15-26(24)35-19)34-13-12-30-16-20-14-22(18-30)25-8-5-9-27(32)31(25)17-20/h2-11,15,20,22H,12-14,16-18H2,1H3/t20-,22+/m1/s1. The predicted octanol–water partition coefficient (Wildman–Crippen LogP) is 4.43. The molecule has 2 aliphatic rings. The molecule has 178 valence electrons. The normalized spacial score (nSPS) is 19.5. The van der Waals surface area contributed by atoms with Crippen LogP contribution in [-0.4, -0.2) is 35.7 Å². The maximum absolute atomic E-state index is 13.2. The summed E-state index contributed by atoms with van der Waals surface area (Å²) in [5.74, 6) is 2.19. The van der Waals surface area contributed by atoms with Crippen molar-refractivity contribution in [1.29, 1.82) is 0 Å². The molecule has 0 unspecified atom stereocenters. The maximum atomic E-state index is 13.2. The van der Waals surface area contributed by atoms with E-state index in [2.05, 4.69) is 11.0 Å². The Balaban J connectivity index is 1.15. The number of fused-ring (bicyclic) bond motifs is 5. The van der Waals surface area contributed by atoms with Crippen LogP contribution in [0.15, 0.2) is 80.7 Å². The molecular weight excluding hydrogens is 440 g/mol. The third kappa shape index (κ3) is 4.08. The van der Waals surface area contributed by atoms with E-state index in [1.165, 1.54) is 0 Å². The lowest BCUT2D eigenvalue weighted by molar-refractivity contribution is 0.104. The molecule has 6 heteroatoms. The van der Waals surface area contributed by atoms with Crippen molar-refractivity contribution in [2.75, 3.05) is 26.2 Å². The van der Waals surface area contributed by atoms with E-state index in [0.29, 0.717) is 46.5 Å². The lowest BCUT2D eigenvalue weighted by Gasteiger charge is -2.42. The summed E-state index contributed by atoms with van der Waals surface area (Å²) >= 11 is 0. The number of aryl methyl sites for hydroxylation is 1. The second-order valence-corrected chi connectivity index (χ2v) is 9.69. The third-order valence-corrected chi connectivity index (χ3v) is 7.33. The zero-order valence-corrected chi connectivity index (χ0v) is 19.8. The highest BCUT2D eigenvalue weighted by Gasteiger charge is 2.34. The van der Waals surface area contributed by atoms with Crippen molar-refractivity contribution in [3.63, 3.8) is 0 Å². The SMILES string of the molecule is Cc1oc2cc(OCCN3C[C@H]4C[C@@H](C3)c3cccc(=O)n3C4)ccc2c(=O)c1-c1ccccc1. The van der Waals surface area contributed by atoms with Crippen LogP contribution in [0.3, 0.4) is 0 Å². The van der Waals surface area contributed by atoms with Gasteiger partial charge in [0.15, 0.2) is 0 Å². The molecule has 0 N–H and O–H groups in total. The summed E-state index contributed by atoms with van der Waals surface area (Å²) in [5.41, 5.74) is 3.25. The van der Waals surface area contributed by atoms with Gasteiger partial charge in [0.05, 0.1) is 10.9 Å². The quantitative estimate of drug-likeness (QED) is 0.434. The summed E-state index contributed by atoms with van der Waals surface area (Å²) in [6.07, 6.45) is 1.15. The fourth-order valence-electron chi connectivity index (χ4n) is 5.78. The minimum absolute atomic E-state index is 0.0271. The Morgan fingerprint density at radius 3 is 2.69 bits per heavy atom. The molecule has 6 rings (SSSR count). The van der Waals surface area contributed by atoms with Gasteiger partial charge in [0.25, 0.3) is 5.56 Å². The van der Waals surface area contributed by atoms with Gasteiger partial charge in [-0.25, -0.2) is 0 Å². The van der Waals surface area contributed by atoms with Gasteiger partial charge in [-0.15, -0.1) is 0 Å². The maximum Gasteiger partial charge on any atom is 0.250 e. The topological polar surface area (TPSA) is 64.7 Å². The van der Waals surface area contributed by atoms with Gasteiger partial charge in [-0.1, -0.05) is 36.4 Å². The van der Waals surface area contributed by atoms with Crippen LogP contribution in [0.5, 0.6) is 5.75 Å². The zero-order chi connectivity index (χ0) is 23.9. The number of nitrogens with zero attached hydrogens (tertiary/aromatic N) is 2. The highest BCUT2D eigenvalue weighted by molar-refractivity contribution is 5.83. The largest absolute Gasteiger partial charge is 0.492 e. The number of benzene rings is 2. The average Bonchev–Trinajstić information content (AvgIpc) is 2.85. The van der Waals surface area contributed by atoms with Crippen molar-refractivity contribution in [3.05, 3.63) is 98.8 Å². The van der Waals surface area contributed by atoms with Crippen molar-refractivity contribution in [1.82, 2.24) is 9.47 Å². The highest BCUT2D eigenvalue weighted by atomic mass is 16.5. The highest BCUT2D eigenvalue weighted by Crippen LogP contribution is 2.34. The van der Waals surface area contributed by atoms with Crippen LogP contribution in [0.4, 0.5) is 0 Å². The molecule has 2 atom stereocenters. The molecule has 2 aromatic carbocycles. The van der Waals surface area contributed by atoms with Crippen molar-refractivity contribution >= 4 is 11.0 Å². The van der Waals surface area contributed by atoms with Gasteiger partial charge >= 0.3 is 0 Å². The Hall–Kier alpha value is -3.64. The molecule has 0 radical (unpaired) electrons.